The van der Waals surface area contributed by atoms with Crippen LogP contribution in [0.2, 0.25) is 0 Å². The zero-order chi connectivity index (χ0) is 13.8. The Morgan fingerprint density at radius 1 is 1.47 bits per heavy atom. The summed E-state index contributed by atoms with van der Waals surface area (Å²) in [6, 6.07) is 7.40. The van der Waals surface area contributed by atoms with Crippen LogP contribution in [0.5, 0.6) is 0 Å². The molecular formula is C14H19N3O2. The molecule has 19 heavy (non-hydrogen) atoms. The second-order valence-corrected chi connectivity index (χ2v) is 4.54. The number of imidazole rings is 1. The lowest BCUT2D eigenvalue weighted by Gasteiger charge is -2.14. The van der Waals surface area contributed by atoms with E-state index < -0.39 is 12.0 Å². The van der Waals surface area contributed by atoms with Gasteiger partial charge >= 0.3 is 5.97 Å². The normalized spacial score (nSPS) is 12.7. The van der Waals surface area contributed by atoms with Gasteiger partial charge in [-0.15, -0.1) is 0 Å². The van der Waals surface area contributed by atoms with Gasteiger partial charge in [-0.2, -0.15) is 0 Å². The number of carboxylic acid groups (broad SMARTS) is 1. The van der Waals surface area contributed by atoms with Gasteiger partial charge in [0.1, 0.15) is 11.9 Å². The predicted octanol–water partition coefficient (Wildman–Crippen LogP) is 1.80. The van der Waals surface area contributed by atoms with E-state index in [0.29, 0.717) is 19.5 Å². The third kappa shape index (κ3) is 2.93. The number of fused-ring (bicyclic) bond motifs is 1. The molecule has 1 heterocycles. The van der Waals surface area contributed by atoms with Crippen molar-refractivity contribution in [1.29, 1.82) is 0 Å². The minimum atomic E-state index is -0.802. The van der Waals surface area contributed by atoms with Crippen LogP contribution in [0.3, 0.4) is 0 Å². The van der Waals surface area contributed by atoms with E-state index in [-0.39, 0.29) is 0 Å². The number of benzene rings is 1. The zero-order valence-electron chi connectivity index (χ0n) is 11.3. The number of aryl methyl sites for hydroxylation is 2. The summed E-state index contributed by atoms with van der Waals surface area (Å²) in [6.07, 6.45) is 0.546. The van der Waals surface area contributed by atoms with Gasteiger partial charge in [0.25, 0.3) is 0 Å². The van der Waals surface area contributed by atoms with E-state index in [4.69, 9.17) is 5.11 Å². The molecule has 0 saturated carbocycles. The van der Waals surface area contributed by atoms with Crippen molar-refractivity contribution in [3.8, 4) is 0 Å². The summed E-state index contributed by atoms with van der Waals surface area (Å²) < 4.78 is 2.07. The Balaban J connectivity index is 2.17. The lowest BCUT2D eigenvalue weighted by Crippen LogP contribution is -2.37. The summed E-state index contributed by atoms with van der Waals surface area (Å²) >= 11 is 0. The summed E-state index contributed by atoms with van der Waals surface area (Å²) in [5.41, 5.74) is 2.01. The van der Waals surface area contributed by atoms with Gasteiger partial charge in [-0.3, -0.25) is 4.79 Å². The van der Waals surface area contributed by atoms with Crippen molar-refractivity contribution in [2.45, 2.75) is 32.9 Å². The van der Waals surface area contributed by atoms with Crippen LogP contribution in [0.25, 0.3) is 11.0 Å². The van der Waals surface area contributed by atoms with Crippen LogP contribution in [0, 0.1) is 6.92 Å². The molecule has 2 aromatic rings. The van der Waals surface area contributed by atoms with Gasteiger partial charge in [-0.1, -0.05) is 19.1 Å². The molecule has 0 fully saturated rings. The first-order chi connectivity index (χ1) is 9.13. The van der Waals surface area contributed by atoms with E-state index in [1.807, 2.05) is 38.1 Å². The van der Waals surface area contributed by atoms with E-state index >= 15 is 0 Å². The summed E-state index contributed by atoms with van der Waals surface area (Å²) in [6.45, 7) is 5.16. The first-order valence-electron chi connectivity index (χ1n) is 6.51. The lowest BCUT2D eigenvalue weighted by molar-refractivity contribution is -0.139. The monoisotopic (exact) mass is 261 g/mol. The number of aromatic nitrogens is 2. The third-order valence-corrected chi connectivity index (χ3v) is 3.24. The molecule has 0 aliphatic heterocycles. The maximum absolute atomic E-state index is 11.1. The summed E-state index contributed by atoms with van der Waals surface area (Å²) in [5.74, 6) is 0.116. The van der Waals surface area contributed by atoms with E-state index in [1.165, 1.54) is 0 Å². The highest BCUT2D eigenvalue weighted by molar-refractivity contribution is 5.76. The topological polar surface area (TPSA) is 67.2 Å². The molecule has 1 aromatic carbocycles. The number of nitrogens with zero attached hydrogens (tertiary/aromatic N) is 2. The summed E-state index contributed by atoms with van der Waals surface area (Å²) in [5, 5.41) is 12.1. The molecule has 0 bridgehead atoms. The molecule has 0 aliphatic rings. The van der Waals surface area contributed by atoms with Crippen LogP contribution in [-0.2, 0) is 11.3 Å². The molecule has 102 valence electrons. The molecule has 1 unspecified atom stereocenters. The highest BCUT2D eigenvalue weighted by atomic mass is 16.4. The Morgan fingerprint density at radius 2 is 2.21 bits per heavy atom. The number of carboxylic acids is 1. The van der Waals surface area contributed by atoms with Gasteiger partial charge in [-0.05, 0) is 32.0 Å². The van der Waals surface area contributed by atoms with Crippen molar-refractivity contribution in [3.63, 3.8) is 0 Å². The summed E-state index contributed by atoms with van der Waals surface area (Å²) in [7, 11) is 0. The highest BCUT2D eigenvalue weighted by Crippen LogP contribution is 2.16. The van der Waals surface area contributed by atoms with Crippen LogP contribution < -0.4 is 5.32 Å². The fraction of sp³-hybridized carbons (Fsp3) is 0.429. The molecule has 0 aliphatic carbocycles. The maximum Gasteiger partial charge on any atom is 0.320 e. The van der Waals surface area contributed by atoms with E-state index in [1.54, 1.807) is 0 Å². The Morgan fingerprint density at radius 3 is 2.89 bits per heavy atom. The molecule has 1 atom stereocenters. The molecule has 0 saturated heterocycles. The molecular weight excluding hydrogens is 242 g/mol. The molecule has 1 aromatic heterocycles. The largest absolute Gasteiger partial charge is 0.480 e. The van der Waals surface area contributed by atoms with Crippen molar-refractivity contribution in [2.75, 3.05) is 6.54 Å². The standard InChI is InChI=1S/C14H19N3O2/c1-3-15-12(14(18)19)8-9-17-10(2)16-11-6-4-5-7-13(11)17/h4-7,12,15H,3,8-9H2,1-2H3,(H,18,19). The number of hydrogen-bond donors (Lipinski definition) is 2. The van der Waals surface area contributed by atoms with Gasteiger partial charge in [-0.25, -0.2) is 4.98 Å². The van der Waals surface area contributed by atoms with Crippen molar-refractivity contribution in [3.05, 3.63) is 30.1 Å². The number of rotatable bonds is 6. The van der Waals surface area contributed by atoms with Gasteiger partial charge < -0.3 is 15.0 Å². The molecule has 5 heteroatoms. The molecule has 2 rings (SSSR count). The maximum atomic E-state index is 11.1. The predicted molar refractivity (Wildman–Crippen MR) is 74.2 cm³/mol. The molecule has 5 nitrogen and oxygen atoms in total. The number of nitrogens with one attached hydrogen (secondary N) is 1. The van der Waals surface area contributed by atoms with Gasteiger partial charge in [0.15, 0.2) is 0 Å². The van der Waals surface area contributed by atoms with Crippen molar-refractivity contribution in [2.24, 2.45) is 0 Å². The second-order valence-electron chi connectivity index (χ2n) is 4.54. The van der Waals surface area contributed by atoms with Crippen molar-refractivity contribution in [1.82, 2.24) is 14.9 Å². The Labute approximate surface area is 112 Å². The number of carbonyl (C=O) groups is 1. The van der Waals surface area contributed by atoms with Gasteiger partial charge in [0, 0.05) is 6.54 Å². The number of para-hydroxylation sites is 2. The molecule has 0 radical (unpaired) electrons. The Kier molecular flexibility index (Phi) is 4.16. The van der Waals surface area contributed by atoms with Gasteiger partial charge in [0.05, 0.1) is 11.0 Å². The Bertz CT molecular complexity index is 577. The lowest BCUT2D eigenvalue weighted by atomic mass is 10.2. The average Bonchev–Trinajstić information content (AvgIpc) is 2.70. The first-order valence-corrected chi connectivity index (χ1v) is 6.51. The average molecular weight is 261 g/mol. The Hall–Kier alpha value is -1.88. The molecule has 0 amide bonds. The fourth-order valence-corrected chi connectivity index (χ4v) is 2.30. The van der Waals surface area contributed by atoms with Gasteiger partial charge in [0.2, 0.25) is 0 Å². The molecule has 2 N–H and O–H groups in total. The summed E-state index contributed by atoms with van der Waals surface area (Å²) in [4.78, 5) is 15.6. The fourth-order valence-electron chi connectivity index (χ4n) is 2.30. The number of aliphatic carboxylic acids is 1. The SMILES string of the molecule is CCNC(CCn1c(C)nc2ccccc21)C(=O)O. The van der Waals surface area contributed by atoms with E-state index in [2.05, 4.69) is 14.9 Å². The van der Waals surface area contributed by atoms with Crippen LogP contribution in [0.1, 0.15) is 19.2 Å². The highest BCUT2D eigenvalue weighted by Gasteiger charge is 2.16. The minimum absolute atomic E-state index is 0.509. The quantitative estimate of drug-likeness (QED) is 0.832. The van der Waals surface area contributed by atoms with Crippen LogP contribution in [-0.4, -0.2) is 33.2 Å². The third-order valence-electron chi connectivity index (χ3n) is 3.24. The number of hydrogen-bond acceptors (Lipinski definition) is 3. The van der Waals surface area contributed by atoms with Crippen molar-refractivity contribution < 1.29 is 9.90 Å². The van der Waals surface area contributed by atoms with Crippen LogP contribution in [0.15, 0.2) is 24.3 Å². The second kappa shape index (κ2) is 5.84. The first kappa shape index (κ1) is 13.5. The smallest absolute Gasteiger partial charge is 0.320 e. The molecule has 0 spiro atoms. The van der Waals surface area contributed by atoms with Crippen LogP contribution in [0.4, 0.5) is 0 Å². The zero-order valence-corrected chi connectivity index (χ0v) is 11.3. The van der Waals surface area contributed by atoms with E-state index in [0.717, 1.165) is 16.9 Å². The van der Waals surface area contributed by atoms with Crippen molar-refractivity contribution >= 4 is 17.0 Å². The van der Waals surface area contributed by atoms with Crippen LogP contribution >= 0.6 is 0 Å². The minimum Gasteiger partial charge on any atom is -0.480 e. The van der Waals surface area contributed by atoms with E-state index in [9.17, 15) is 4.79 Å². The number of likely N-dealkylation sites (N-methyl/N-ethyl adjacent to an activating group) is 1.